The number of ketones is 1. The maximum atomic E-state index is 14.0. The zero-order chi connectivity index (χ0) is 30.1. The van der Waals surface area contributed by atoms with Crippen molar-refractivity contribution in [1.29, 1.82) is 0 Å². The van der Waals surface area contributed by atoms with E-state index in [0.717, 1.165) is 10.9 Å². The number of hydrogen-bond donors (Lipinski definition) is 1. The number of Topliss-reactive ketones (excluding diaryl/α,β-unsaturated/α-hetero) is 1. The average molecular weight is 634 g/mol. The first-order valence-corrected chi connectivity index (χ1v) is 15.4. The lowest BCUT2D eigenvalue weighted by atomic mass is 9.95. The van der Waals surface area contributed by atoms with Crippen LogP contribution in [0.3, 0.4) is 0 Å². The third-order valence-corrected chi connectivity index (χ3v) is 9.29. The highest BCUT2D eigenvalue weighted by molar-refractivity contribution is 8.00. The van der Waals surface area contributed by atoms with E-state index >= 15 is 0 Å². The number of fused-ring (bicyclic) bond motifs is 1. The minimum absolute atomic E-state index is 0.00597. The highest BCUT2D eigenvalue weighted by Gasteiger charge is 2.47. The van der Waals surface area contributed by atoms with Crippen molar-refractivity contribution < 1.29 is 28.6 Å². The van der Waals surface area contributed by atoms with E-state index in [1.54, 1.807) is 36.4 Å². The van der Waals surface area contributed by atoms with Crippen LogP contribution in [0.5, 0.6) is 11.5 Å². The molecule has 0 bridgehead atoms. The number of benzene rings is 3. The van der Waals surface area contributed by atoms with Gasteiger partial charge in [-0.15, -0.1) is 10.2 Å². The maximum absolute atomic E-state index is 14.0. The van der Waals surface area contributed by atoms with Gasteiger partial charge in [-0.05, 0) is 48.4 Å². The Morgan fingerprint density at radius 3 is 2.65 bits per heavy atom. The molecule has 1 unspecified atom stereocenters. The Labute approximate surface area is 259 Å². The van der Waals surface area contributed by atoms with Crippen molar-refractivity contribution in [3.05, 3.63) is 106 Å². The molecule has 12 heteroatoms. The molecular formula is C31H24ClN3O6S2. The van der Waals surface area contributed by atoms with Gasteiger partial charge in [-0.2, -0.15) is 0 Å². The summed E-state index contributed by atoms with van der Waals surface area (Å²) in [7, 11) is 1.50. The summed E-state index contributed by atoms with van der Waals surface area (Å²) >= 11 is 8.89. The molecule has 0 saturated carbocycles. The number of ether oxygens (including phenoxy) is 2. The van der Waals surface area contributed by atoms with Gasteiger partial charge in [0.1, 0.15) is 5.58 Å². The summed E-state index contributed by atoms with van der Waals surface area (Å²) < 4.78 is 17.6. The Hall–Kier alpha value is -4.32. The minimum atomic E-state index is -1.05. The molecule has 0 saturated heterocycles. The van der Waals surface area contributed by atoms with Crippen molar-refractivity contribution in [3.8, 4) is 11.5 Å². The number of methoxy groups -OCH3 is 1. The number of hydrogen-bond acceptors (Lipinski definition) is 10. The number of amides is 1. The molecule has 0 fully saturated rings. The van der Waals surface area contributed by atoms with Crippen LogP contribution in [-0.4, -0.2) is 40.7 Å². The molecule has 1 amide bonds. The number of carbonyl (C=O) groups is 2. The number of nitrogens with zero attached hydrogens (tertiary/aromatic N) is 3. The van der Waals surface area contributed by atoms with Gasteiger partial charge >= 0.3 is 0 Å². The Bertz CT molecular complexity index is 1850. The van der Waals surface area contributed by atoms with Crippen LogP contribution in [0, 0.1) is 0 Å². The summed E-state index contributed by atoms with van der Waals surface area (Å²) in [5.74, 6) is -0.658. The van der Waals surface area contributed by atoms with E-state index in [1.807, 2.05) is 43.3 Å². The summed E-state index contributed by atoms with van der Waals surface area (Å²) in [4.78, 5) is 28.9. The summed E-state index contributed by atoms with van der Waals surface area (Å²) in [6.45, 7) is 2.27. The second-order valence-corrected chi connectivity index (χ2v) is 12.0. The molecule has 9 nitrogen and oxygen atoms in total. The topological polar surface area (TPSA) is 115 Å². The second-order valence-electron chi connectivity index (χ2n) is 9.39. The molecule has 218 valence electrons. The molecule has 6 rings (SSSR count). The number of furan rings is 1. The lowest BCUT2D eigenvalue weighted by molar-refractivity contribution is -0.117. The lowest BCUT2D eigenvalue weighted by Crippen LogP contribution is -2.31. The van der Waals surface area contributed by atoms with Crippen molar-refractivity contribution in [2.75, 3.05) is 18.6 Å². The van der Waals surface area contributed by atoms with Gasteiger partial charge < -0.3 is 19.0 Å². The Kier molecular flexibility index (Phi) is 8.11. The number of para-hydroxylation sites is 1. The molecule has 2 aromatic heterocycles. The normalized spacial score (nSPS) is 15.0. The number of rotatable bonds is 10. The van der Waals surface area contributed by atoms with Crippen LogP contribution in [0.4, 0.5) is 5.13 Å². The smallest absolute Gasteiger partial charge is 0.296 e. The van der Waals surface area contributed by atoms with Gasteiger partial charge in [0.15, 0.2) is 27.4 Å². The molecule has 1 aliphatic rings. The Morgan fingerprint density at radius 1 is 1.09 bits per heavy atom. The number of carbonyl (C=O) groups excluding carboxylic acids is 2. The quantitative estimate of drug-likeness (QED) is 0.0953. The lowest BCUT2D eigenvalue weighted by Gasteiger charge is -2.24. The Balaban J connectivity index is 1.40. The zero-order valence-corrected chi connectivity index (χ0v) is 25.3. The van der Waals surface area contributed by atoms with Crippen LogP contribution in [0.1, 0.15) is 34.6 Å². The van der Waals surface area contributed by atoms with Gasteiger partial charge in [-0.3, -0.25) is 14.5 Å². The van der Waals surface area contributed by atoms with Crippen molar-refractivity contribution in [2.45, 2.75) is 23.1 Å². The SMILES string of the molecule is CCOc1ccc(C2C(C(=O)c3cc4ccccc4o3)=C(O)C(=O)N2c2nnc(SCc3ccccc3Cl)s2)cc1OC. The number of halogens is 1. The first-order chi connectivity index (χ1) is 20.9. The molecule has 1 aliphatic heterocycles. The maximum Gasteiger partial charge on any atom is 0.296 e. The molecule has 0 radical (unpaired) electrons. The van der Waals surface area contributed by atoms with E-state index in [1.165, 1.54) is 35.1 Å². The van der Waals surface area contributed by atoms with Crippen LogP contribution < -0.4 is 14.4 Å². The van der Waals surface area contributed by atoms with Gasteiger partial charge in [-0.25, -0.2) is 0 Å². The molecule has 1 atom stereocenters. The number of aliphatic hydroxyl groups excluding tert-OH is 1. The van der Waals surface area contributed by atoms with Crippen LogP contribution in [0.25, 0.3) is 11.0 Å². The van der Waals surface area contributed by atoms with Gasteiger partial charge in [0, 0.05) is 16.2 Å². The van der Waals surface area contributed by atoms with Gasteiger partial charge in [0.05, 0.1) is 25.3 Å². The summed E-state index contributed by atoms with van der Waals surface area (Å²) in [5, 5.41) is 21.3. The van der Waals surface area contributed by atoms with Crippen LogP contribution in [0.15, 0.2) is 92.9 Å². The highest BCUT2D eigenvalue weighted by atomic mass is 35.5. The van der Waals surface area contributed by atoms with Crippen molar-refractivity contribution in [1.82, 2.24) is 10.2 Å². The Morgan fingerprint density at radius 2 is 1.88 bits per heavy atom. The summed E-state index contributed by atoms with van der Waals surface area (Å²) in [6.07, 6.45) is 0. The van der Waals surface area contributed by atoms with Crippen LogP contribution in [0.2, 0.25) is 5.02 Å². The van der Waals surface area contributed by atoms with Crippen LogP contribution in [-0.2, 0) is 10.5 Å². The minimum Gasteiger partial charge on any atom is -0.503 e. The van der Waals surface area contributed by atoms with Crippen molar-refractivity contribution in [3.63, 3.8) is 0 Å². The molecule has 0 aliphatic carbocycles. The van der Waals surface area contributed by atoms with E-state index in [2.05, 4.69) is 10.2 Å². The zero-order valence-electron chi connectivity index (χ0n) is 22.9. The largest absolute Gasteiger partial charge is 0.503 e. The first kappa shape index (κ1) is 28.8. The number of aromatic nitrogens is 2. The number of thioether (sulfide) groups is 1. The standard InChI is InChI=1S/C31H24ClN3O6S2/c1-3-40-22-13-12-18(15-23(22)39-2)26-25(27(36)24-14-17-8-5-7-11-21(17)41-24)28(37)29(38)35(26)30-33-34-31(43-30)42-16-19-9-4-6-10-20(19)32/h4-15,26,37H,3,16H2,1-2H3. The third kappa shape index (κ3) is 5.47. The molecule has 3 aromatic carbocycles. The van der Waals surface area contributed by atoms with E-state index in [4.69, 9.17) is 25.5 Å². The molecule has 43 heavy (non-hydrogen) atoms. The molecule has 0 spiro atoms. The monoisotopic (exact) mass is 633 g/mol. The predicted molar refractivity (Wildman–Crippen MR) is 166 cm³/mol. The molecular weight excluding hydrogens is 610 g/mol. The van der Waals surface area contributed by atoms with Gasteiger partial charge in [0.25, 0.3) is 5.91 Å². The average Bonchev–Trinajstić information content (AvgIpc) is 3.73. The first-order valence-electron chi connectivity index (χ1n) is 13.2. The molecule has 1 N–H and O–H groups in total. The van der Waals surface area contributed by atoms with E-state index in [9.17, 15) is 14.7 Å². The summed E-state index contributed by atoms with van der Waals surface area (Å²) in [5.41, 5.74) is 1.80. The fourth-order valence-electron chi connectivity index (χ4n) is 4.82. The van der Waals surface area contributed by atoms with Gasteiger partial charge in [-0.1, -0.05) is 77.2 Å². The van der Waals surface area contributed by atoms with Crippen molar-refractivity contribution >= 4 is 62.5 Å². The van der Waals surface area contributed by atoms with E-state index in [-0.39, 0.29) is 16.5 Å². The molecule has 5 aromatic rings. The summed E-state index contributed by atoms with van der Waals surface area (Å²) in [6, 6.07) is 20.3. The van der Waals surface area contributed by atoms with Gasteiger partial charge in [0.2, 0.25) is 10.9 Å². The fraction of sp³-hybridized carbons (Fsp3) is 0.161. The number of aliphatic hydroxyl groups is 1. The molecule has 3 heterocycles. The second kappa shape index (κ2) is 12.1. The van der Waals surface area contributed by atoms with E-state index in [0.29, 0.717) is 44.4 Å². The third-order valence-electron chi connectivity index (χ3n) is 6.82. The van der Waals surface area contributed by atoms with Crippen LogP contribution >= 0.6 is 34.7 Å². The number of anilines is 1. The highest BCUT2D eigenvalue weighted by Crippen LogP contribution is 2.46. The predicted octanol–water partition coefficient (Wildman–Crippen LogP) is 7.42. The van der Waals surface area contributed by atoms with E-state index < -0.39 is 23.5 Å². The van der Waals surface area contributed by atoms with Crippen molar-refractivity contribution in [2.24, 2.45) is 0 Å². The fourth-order valence-corrected chi connectivity index (χ4v) is 6.97.